The molecular weight excluding hydrogens is 176 g/mol. The van der Waals surface area contributed by atoms with E-state index in [1.807, 2.05) is 20.8 Å². The molecule has 1 fully saturated rings. The molecule has 0 saturated heterocycles. The Bertz CT molecular complexity index is 209. The summed E-state index contributed by atoms with van der Waals surface area (Å²) in [6.07, 6.45) is 3.65. The van der Waals surface area contributed by atoms with Crippen LogP contribution < -0.4 is 10.6 Å². The van der Waals surface area contributed by atoms with Crippen molar-refractivity contribution in [2.75, 3.05) is 0 Å². The van der Waals surface area contributed by atoms with Gasteiger partial charge in [-0.25, -0.2) is 0 Å². The minimum absolute atomic E-state index is 0.0808. The van der Waals surface area contributed by atoms with E-state index in [0.29, 0.717) is 0 Å². The SMILES string of the molecule is CC(C)NC(=O)C(C)NC1(C)CCC1. The fourth-order valence-corrected chi connectivity index (χ4v) is 1.85. The highest BCUT2D eigenvalue weighted by molar-refractivity contribution is 5.81. The van der Waals surface area contributed by atoms with Crippen molar-refractivity contribution in [3.8, 4) is 0 Å². The molecule has 3 nitrogen and oxygen atoms in total. The first-order chi connectivity index (χ1) is 6.43. The van der Waals surface area contributed by atoms with E-state index in [2.05, 4.69) is 17.6 Å². The van der Waals surface area contributed by atoms with Crippen LogP contribution in [0.3, 0.4) is 0 Å². The fraction of sp³-hybridized carbons (Fsp3) is 0.909. The van der Waals surface area contributed by atoms with Gasteiger partial charge in [-0.1, -0.05) is 0 Å². The van der Waals surface area contributed by atoms with E-state index >= 15 is 0 Å². The molecule has 1 rings (SSSR count). The summed E-state index contributed by atoms with van der Waals surface area (Å²) >= 11 is 0. The van der Waals surface area contributed by atoms with Crippen LogP contribution in [0.15, 0.2) is 0 Å². The molecular formula is C11H22N2O. The molecule has 14 heavy (non-hydrogen) atoms. The second-order valence-electron chi connectivity index (χ2n) is 4.94. The molecule has 1 atom stereocenters. The molecule has 0 heterocycles. The number of nitrogens with one attached hydrogen (secondary N) is 2. The molecule has 1 amide bonds. The molecule has 1 aliphatic rings. The first-order valence-corrected chi connectivity index (χ1v) is 5.51. The van der Waals surface area contributed by atoms with Crippen molar-refractivity contribution in [2.24, 2.45) is 0 Å². The zero-order valence-corrected chi connectivity index (χ0v) is 9.68. The Labute approximate surface area is 86.6 Å². The van der Waals surface area contributed by atoms with Crippen LogP contribution in [0.25, 0.3) is 0 Å². The molecule has 1 aliphatic carbocycles. The number of carbonyl (C=O) groups excluding carboxylic acids is 1. The van der Waals surface area contributed by atoms with Crippen LogP contribution in [0.4, 0.5) is 0 Å². The van der Waals surface area contributed by atoms with Crippen molar-refractivity contribution in [1.29, 1.82) is 0 Å². The van der Waals surface area contributed by atoms with Gasteiger partial charge in [0.15, 0.2) is 0 Å². The molecule has 2 N–H and O–H groups in total. The lowest BCUT2D eigenvalue weighted by atomic mass is 9.78. The monoisotopic (exact) mass is 198 g/mol. The van der Waals surface area contributed by atoms with Crippen molar-refractivity contribution in [3.63, 3.8) is 0 Å². The highest BCUT2D eigenvalue weighted by Gasteiger charge is 2.34. The van der Waals surface area contributed by atoms with Crippen LogP contribution in [0.1, 0.15) is 47.0 Å². The molecule has 82 valence electrons. The molecule has 3 heteroatoms. The van der Waals surface area contributed by atoms with Gasteiger partial charge in [0.05, 0.1) is 6.04 Å². The maximum absolute atomic E-state index is 11.6. The molecule has 0 aromatic rings. The first-order valence-electron chi connectivity index (χ1n) is 5.51. The quantitative estimate of drug-likeness (QED) is 0.717. The minimum atomic E-state index is -0.0808. The zero-order valence-electron chi connectivity index (χ0n) is 9.68. The molecule has 0 spiro atoms. The molecule has 0 aliphatic heterocycles. The molecule has 1 unspecified atom stereocenters. The summed E-state index contributed by atoms with van der Waals surface area (Å²) < 4.78 is 0. The van der Waals surface area contributed by atoms with Crippen LogP contribution >= 0.6 is 0 Å². The summed E-state index contributed by atoms with van der Waals surface area (Å²) in [5, 5.41) is 6.30. The largest absolute Gasteiger partial charge is 0.353 e. The van der Waals surface area contributed by atoms with Gasteiger partial charge in [0.25, 0.3) is 0 Å². The maximum atomic E-state index is 11.6. The summed E-state index contributed by atoms with van der Waals surface area (Å²) in [4.78, 5) is 11.6. The van der Waals surface area contributed by atoms with Gasteiger partial charge in [-0.2, -0.15) is 0 Å². The number of hydrogen-bond donors (Lipinski definition) is 2. The average molecular weight is 198 g/mol. The Morgan fingerprint density at radius 1 is 1.29 bits per heavy atom. The topological polar surface area (TPSA) is 41.1 Å². The van der Waals surface area contributed by atoms with Crippen LogP contribution in [-0.4, -0.2) is 23.5 Å². The van der Waals surface area contributed by atoms with Gasteiger partial charge in [0.1, 0.15) is 0 Å². The van der Waals surface area contributed by atoms with Gasteiger partial charge >= 0.3 is 0 Å². The second kappa shape index (κ2) is 4.30. The Hall–Kier alpha value is -0.570. The Kier molecular flexibility index (Phi) is 3.53. The molecule has 0 aromatic carbocycles. The lowest BCUT2D eigenvalue weighted by molar-refractivity contribution is -0.124. The Morgan fingerprint density at radius 2 is 1.86 bits per heavy atom. The summed E-state index contributed by atoms with van der Waals surface area (Å²) in [5.41, 5.74) is 0.202. The highest BCUT2D eigenvalue weighted by atomic mass is 16.2. The van der Waals surface area contributed by atoms with Crippen molar-refractivity contribution >= 4 is 5.91 Å². The van der Waals surface area contributed by atoms with Gasteiger partial charge in [0, 0.05) is 11.6 Å². The van der Waals surface area contributed by atoms with E-state index in [9.17, 15) is 4.79 Å². The van der Waals surface area contributed by atoms with Crippen molar-refractivity contribution in [2.45, 2.75) is 64.6 Å². The third-order valence-corrected chi connectivity index (χ3v) is 2.85. The summed E-state index contributed by atoms with van der Waals surface area (Å²) in [7, 11) is 0. The maximum Gasteiger partial charge on any atom is 0.237 e. The van der Waals surface area contributed by atoms with Gasteiger partial charge in [-0.3, -0.25) is 4.79 Å². The lowest BCUT2D eigenvalue weighted by Gasteiger charge is -2.41. The number of rotatable bonds is 4. The van der Waals surface area contributed by atoms with E-state index in [0.717, 1.165) is 0 Å². The van der Waals surface area contributed by atoms with Gasteiger partial charge in [-0.15, -0.1) is 0 Å². The number of amides is 1. The van der Waals surface area contributed by atoms with Crippen LogP contribution in [0, 0.1) is 0 Å². The molecule has 0 aromatic heterocycles. The van der Waals surface area contributed by atoms with Crippen molar-refractivity contribution in [3.05, 3.63) is 0 Å². The van der Waals surface area contributed by atoms with Crippen molar-refractivity contribution in [1.82, 2.24) is 10.6 Å². The second-order valence-corrected chi connectivity index (χ2v) is 4.94. The van der Waals surface area contributed by atoms with E-state index < -0.39 is 0 Å². The van der Waals surface area contributed by atoms with Crippen LogP contribution in [-0.2, 0) is 4.79 Å². The number of carbonyl (C=O) groups is 1. The molecule has 1 saturated carbocycles. The molecule has 0 radical (unpaired) electrons. The van der Waals surface area contributed by atoms with Gasteiger partial charge in [0.2, 0.25) is 5.91 Å². The van der Waals surface area contributed by atoms with Gasteiger partial charge < -0.3 is 10.6 Å². The number of hydrogen-bond acceptors (Lipinski definition) is 2. The predicted molar refractivity (Wildman–Crippen MR) is 58.1 cm³/mol. The Balaban J connectivity index is 2.33. The summed E-state index contributed by atoms with van der Waals surface area (Å²) in [6, 6.07) is 0.142. The average Bonchev–Trinajstić information content (AvgIpc) is 2.00. The summed E-state index contributed by atoms with van der Waals surface area (Å²) in [5.74, 6) is 0.105. The van der Waals surface area contributed by atoms with E-state index in [-0.39, 0.29) is 23.5 Å². The lowest BCUT2D eigenvalue weighted by Crippen LogP contribution is -2.56. The standard InChI is InChI=1S/C11H22N2O/c1-8(2)12-10(14)9(3)13-11(4)6-5-7-11/h8-9,13H,5-7H2,1-4H3,(H,12,14). The normalized spacial score (nSPS) is 21.5. The highest BCUT2D eigenvalue weighted by Crippen LogP contribution is 2.31. The molecule has 0 bridgehead atoms. The van der Waals surface area contributed by atoms with E-state index in [1.165, 1.54) is 19.3 Å². The van der Waals surface area contributed by atoms with Crippen molar-refractivity contribution < 1.29 is 4.79 Å². The fourth-order valence-electron chi connectivity index (χ4n) is 1.85. The van der Waals surface area contributed by atoms with E-state index in [4.69, 9.17) is 0 Å². The van der Waals surface area contributed by atoms with Crippen LogP contribution in [0.2, 0.25) is 0 Å². The summed E-state index contributed by atoms with van der Waals surface area (Å²) in [6.45, 7) is 8.09. The third kappa shape index (κ3) is 2.98. The van der Waals surface area contributed by atoms with Gasteiger partial charge in [-0.05, 0) is 47.0 Å². The minimum Gasteiger partial charge on any atom is -0.353 e. The Morgan fingerprint density at radius 3 is 2.21 bits per heavy atom. The smallest absolute Gasteiger partial charge is 0.237 e. The van der Waals surface area contributed by atoms with E-state index in [1.54, 1.807) is 0 Å². The zero-order chi connectivity index (χ0) is 10.8. The first kappa shape index (κ1) is 11.5. The third-order valence-electron chi connectivity index (χ3n) is 2.85. The van der Waals surface area contributed by atoms with Crippen LogP contribution in [0.5, 0.6) is 0 Å². The predicted octanol–water partition coefficient (Wildman–Crippen LogP) is 1.43.